The molecule has 1 rings (SSSR count). The standard InChI is InChI=1S/C15H23NO2/c1-3-9-16(10-11-17)12-15(18)14-7-5-13(4-2)6-8-14/h5-8,17H,3-4,9-12H2,1-2H3. The van der Waals surface area contributed by atoms with Crippen molar-refractivity contribution in [3.8, 4) is 0 Å². The van der Waals surface area contributed by atoms with Crippen LogP contribution in [0, 0.1) is 0 Å². The van der Waals surface area contributed by atoms with E-state index in [9.17, 15) is 4.79 Å². The molecule has 0 fully saturated rings. The number of aliphatic hydroxyl groups is 1. The fraction of sp³-hybridized carbons (Fsp3) is 0.533. The van der Waals surface area contributed by atoms with Gasteiger partial charge in [-0.25, -0.2) is 0 Å². The van der Waals surface area contributed by atoms with Crippen molar-refractivity contribution in [1.29, 1.82) is 0 Å². The van der Waals surface area contributed by atoms with Crippen molar-refractivity contribution in [3.05, 3.63) is 35.4 Å². The number of hydrogen-bond acceptors (Lipinski definition) is 3. The summed E-state index contributed by atoms with van der Waals surface area (Å²) < 4.78 is 0. The Hall–Kier alpha value is -1.19. The number of rotatable bonds is 8. The van der Waals surface area contributed by atoms with Crippen molar-refractivity contribution in [2.75, 3.05) is 26.2 Å². The van der Waals surface area contributed by atoms with Crippen LogP contribution in [0.1, 0.15) is 36.2 Å². The van der Waals surface area contributed by atoms with Crippen LogP contribution in [-0.2, 0) is 6.42 Å². The van der Waals surface area contributed by atoms with Gasteiger partial charge in [0.05, 0.1) is 13.2 Å². The Morgan fingerprint density at radius 3 is 2.33 bits per heavy atom. The number of benzene rings is 1. The maximum atomic E-state index is 12.1. The number of Topliss-reactive ketones (excluding diaryl/α,β-unsaturated/α-hetero) is 1. The Balaban J connectivity index is 2.61. The maximum Gasteiger partial charge on any atom is 0.176 e. The third kappa shape index (κ3) is 4.59. The van der Waals surface area contributed by atoms with Crippen molar-refractivity contribution in [1.82, 2.24) is 4.90 Å². The average Bonchev–Trinajstić information content (AvgIpc) is 2.39. The van der Waals surface area contributed by atoms with E-state index in [0.29, 0.717) is 13.1 Å². The molecular formula is C15H23NO2. The molecule has 1 aromatic rings. The van der Waals surface area contributed by atoms with Crippen molar-refractivity contribution < 1.29 is 9.90 Å². The molecule has 0 radical (unpaired) electrons. The molecule has 0 aliphatic carbocycles. The molecule has 0 saturated heterocycles. The minimum absolute atomic E-state index is 0.0993. The molecule has 0 spiro atoms. The highest BCUT2D eigenvalue weighted by Gasteiger charge is 2.11. The molecule has 0 bridgehead atoms. The molecule has 0 unspecified atom stereocenters. The summed E-state index contributed by atoms with van der Waals surface area (Å²) in [4.78, 5) is 14.1. The van der Waals surface area contributed by atoms with Crippen LogP contribution < -0.4 is 0 Å². The Morgan fingerprint density at radius 2 is 1.83 bits per heavy atom. The van der Waals surface area contributed by atoms with Gasteiger partial charge in [-0.3, -0.25) is 9.69 Å². The van der Waals surface area contributed by atoms with E-state index in [1.54, 1.807) is 0 Å². The second-order valence-electron chi connectivity index (χ2n) is 4.47. The van der Waals surface area contributed by atoms with Gasteiger partial charge in [0.1, 0.15) is 0 Å². The minimum atomic E-state index is 0.0993. The van der Waals surface area contributed by atoms with Crippen molar-refractivity contribution in [2.45, 2.75) is 26.7 Å². The monoisotopic (exact) mass is 249 g/mol. The first kappa shape index (κ1) is 14.9. The van der Waals surface area contributed by atoms with E-state index in [4.69, 9.17) is 5.11 Å². The van der Waals surface area contributed by atoms with Gasteiger partial charge < -0.3 is 5.11 Å². The van der Waals surface area contributed by atoms with Crippen LogP contribution >= 0.6 is 0 Å². The third-order valence-electron chi connectivity index (χ3n) is 3.01. The van der Waals surface area contributed by atoms with Crippen LogP contribution in [0.5, 0.6) is 0 Å². The van der Waals surface area contributed by atoms with E-state index in [-0.39, 0.29) is 12.4 Å². The zero-order valence-corrected chi connectivity index (χ0v) is 11.4. The van der Waals surface area contributed by atoms with Crippen LogP contribution in [0.2, 0.25) is 0 Å². The largest absolute Gasteiger partial charge is 0.395 e. The van der Waals surface area contributed by atoms with E-state index in [1.807, 2.05) is 29.2 Å². The number of nitrogens with zero attached hydrogens (tertiary/aromatic N) is 1. The number of carbonyl (C=O) groups is 1. The highest BCUT2D eigenvalue weighted by atomic mass is 16.3. The molecule has 1 aromatic carbocycles. The number of ketones is 1. The summed E-state index contributed by atoms with van der Waals surface area (Å²) in [5, 5.41) is 8.96. The topological polar surface area (TPSA) is 40.5 Å². The molecule has 18 heavy (non-hydrogen) atoms. The lowest BCUT2D eigenvalue weighted by Crippen LogP contribution is -2.33. The molecule has 100 valence electrons. The van der Waals surface area contributed by atoms with Gasteiger partial charge in [-0.1, -0.05) is 38.1 Å². The van der Waals surface area contributed by atoms with Gasteiger partial charge >= 0.3 is 0 Å². The lowest BCUT2D eigenvalue weighted by atomic mass is 10.1. The van der Waals surface area contributed by atoms with Gasteiger partial charge in [0.2, 0.25) is 0 Å². The first-order valence-electron chi connectivity index (χ1n) is 6.66. The molecular weight excluding hydrogens is 226 g/mol. The van der Waals surface area contributed by atoms with Crippen LogP contribution in [0.25, 0.3) is 0 Å². The Labute approximate surface area is 109 Å². The van der Waals surface area contributed by atoms with E-state index < -0.39 is 0 Å². The van der Waals surface area contributed by atoms with Crippen LogP contribution in [0.3, 0.4) is 0 Å². The summed E-state index contributed by atoms with van der Waals surface area (Å²) in [6.45, 7) is 6.07. The third-order valence-corrected chi connectivity index (χ3v) is 3.01. The lowest BCUT2D eigenvalue weighted by molar-refractivity contribution is 0.0915. The van der Waals surface area contributed by atoms with Gasteiger partial charge in [-0.15, -0.1) is 0 Å². The van der Waals surface area contributed by atoms with E-state index >= 15 is 0 Å². The highest BCUT2D eigenvalue weighted by Crippen LogP contribution is 2.07. The SMILES string of the molecule is CCCN(CCO)CC(=O)c1ccc(CC)cc1. The Kier molecular flexibility index (Phi) is 6.61. The van der Waals surface area contributed by atoms with Crippen molar-refractivity contribution >= 4 is 5.78 Å². The highest BCUT2D eigenvalue weighted by molar-refractivity contribution is 5.97. The number of aryl methyl sites for hydroxylation is 1. The molecule has 1 N–H and O–H groups in total. The smallest absolute Gasteiger partial charge is 0.176 e. The first-order valence-corrected chi connectivity index (χ1v) is 6.66. The zero-order valence-electron chi connectivity index (χ0n) is 11.4. The first-order chi connectivity index (χ1) is 8.71. The molecule has 3 nitrogen and oxygen atoms in total. The van der Waals surface area contributed by atoms with Gasteiger partial charge in [-0.2, -0.15) is 0 Å². The van der Waals surface area contributed by atoms with E-state index in [1.165, 1.54) is 5.56 Å². The molecule has 3 heteroatoms. The molecule has 0 atom stereocenters. The number of hydrogen-bond donors (Lipinski definition) is 1. The Bertz CT molecular complexity index is 353. The molecule has 0 saturated carbocycles. The van der Waals surface area contributed by atoms with Crippen molar-refractivity contribution in [2.24, 2.45) is 0 Å². The predicted molar refractivity (Wildman–Crippen MR) is 74.0 cm³/mol. The zero-order chi connectivity index (χ0) is 13.4. The van der Waals surface area contributed by atoms with E-state index in [0.717, 1.165) is 24.9 Å². The summed E-state index contributed by atoms with van der Waals surface area (Å²) in [5.41, 5.74) is 2.00. The normalized spacial score (nSPS) is 10.9. The predicted octanol–water partition coefficient (Wildman–Crippen LogP) is 2.14. The second kappa shape index (κ2) is 8.01. The van der Waals surface area contributed by atoms with E-state index in [2.05, 4.69) is 13.8 Å². The summed E-state index contributed by atoms with van der Waals surface area (Å²) in [6.07, 6.45) is 1.98. The Morgan fingerprint density at radius 1 is 1.17 bits per heavy atom. The van der Waals surface area contributed by atoms with Gasteiger partial charge in [-0.05, 0) is 24.9 Å². The van der Waals surface area contributed by atoms with Gasteiger partial charge in [0.15, 0.2) is 5.78 Å². The minimum Gasteiger partial charge on any atom is -0.395 e. The molecule has 0 aromatic heterocycles. The molecule has 0 aliphatic rings. The van der Waals surface area contributed by atoms with Gasteiger partial charge in [0, 0.05) is 12.1 Å². The number of aliphatic hydroxyl groups excluding tert-OH is 1. The molecule has 0 amide bonds. The maximum absolute atomic E-state index is 12.1. The molecule has 0 aliphatic heterocycles. The van der Waals surface area contributed by atoms with Gasteiger partial charge in [0.25, 0.3) is 0 Å². The average molecular weight is 249 g/mol. The molecule has 0 heterocycles. The lowest BCUT2D eigenvalue weighted by Gasteiger charge is -2.19. The second-order valence-corrected chi connectivity index (χ2v) is 4.47. The summed E-state index contributed by atoms with van der Waals surface area (Å²) in [5.74, 6) is 0.125. The van der Waals surface area contributed by atoms with Crippen LogP contribution in [0.15, 0.2) is 24.3 Å². The summed E-state index contributed by atoms with van der Waals surface area (Å²) in [7, 11) is 0. The quantitative estimate of drug-likeness (QED) is 0.718. The number of carbonyl (C=O) groups excluding carboxylic acids is 1. The summed E-state index contributed by atoms with van der Waals surface area (Å²) >= 11 is 0. The fourth-order valence-corrected chi connectivity index (χ4v) is 1.95. The van der Waals surface area contributed by atoms with Crippen LogP contribution in [0.4, 0.5) is 0 Å². The summed E-state index contributed by atoms with van der Waals surface area (Å²) in [6, 6.07) is 7.79. The van der Waals surface area contributed by atoms with Crippen LogP contribution in [-0.4, -0.2) is 42.0 Å². The fourth-order valence-electron chi connectivity index (χ4n) is 1.95. The van der Waals surface area contributed by atoms with Crippen molar-refractivity contribution in [3.63, 3.8) is 0 Å².